The third kappa shape index (κ3) is 3.12. The highest BCUT2D eigenvalue weighted by Crippen LogP contribution is 2.22. The second-order valence-corrected chi connectivity index (χ2v) is 5.08. The van der Waals surface area contributed by atoms with E-state index in [1.165, 1.54) is 12.1 Å². The van der Waals surface area contributed by atoms with Crippen LogP contribution in [0.1, 0.15) is 0 Å². The number of aromatic hydroxyl groups is 1. The van der Waals surface area contributed by atoms with Gasteiger partial charge in [-0.15, -0.1) is 0 Å². The molecule has 0 saturated carbocycles. The predicted octanol–water partition coefficient (Wildman–Crippen LogP) is 3.09. The number of nitrogens with zero attached hydrogens (tertiary/aromatic N) is 1. The number of hydrogen-bond donors (Lipinski definition) is 1. The maximum atomic E-state index is 12.6. The maximum Gasteiger partial charge on any atom is 0.264 e. The lowest BCUT2D eigenvalue weighted by atomic mass is 10.1. The predicted molar refractivity (Wildman–Crippen MR) is 76.5 cm³/mol. The molecule has 0 spiro atoms. The van der Waals surface area contributed by atoms with Gasteiger partial charge in [-0.1, -0.05) is 0 Å². The molecule has 1 aromatic heterocycles. The summed E-state index contributed by atoms with van der Waals surface area (Å²) < 4.78 is 26.6. The van der Waals surface area contributed by atoms with Crippen molar-refractivity contribution in [2.45, 2.75) is 13.0 Å². The quantitative estimate of drug-likeness (QED) is 0.836. The summed E-state index contributed by atoms with van der Waals surface area (Å²) in [7, 11) is 0. The van der Waals surface area contributed by atoms with Gasteiger partial charge >= 0.3 is 0 Å². The van der Waals surface area contributed by atoms with Crippen LogP contribution in [0.25, 0.3) is 11.3 Å². The molecule has 0 aliphatic rings. The lowest BCUT2D eigenvalue weighted by Crippen LogP contribution is -2.26. The van der Waals surface area contributed by atoms with Crippen LogP contribution in [0.5, 0.6) is 5.75 Å². The molecule has 0 unspecified atom stereocenters. The third-order valence-corrected chi connectivity index (χ3v) is 3.43. The van der Waals surface area contributed by atoms with E-state index in [4.69, 9.17) is 0 Å². The number of halogens is 3. The standard InChI is InChI=1S/C13H10F2INO2/c14-12(15)7-17-11(6-5-10(16)13(17)19)8-1-3-9(18)4-2-8/h1-6,12,18H,7H2. The highest BCUT2D eigenvalue weighted by atomic mass is 127. The zero-order chi connectivity index (χ0) is 14.0. The van der Waals surface area contributed by atoms with Gasteiger partial charge in [0.05, 0.1) is 15.8 Å². The van der Waals surface area contributed by atoms with Gasteiger partial charge in [0.25, 0.3) is 12.0 Å². The number of phenols is 1. The number of phenolic OH excluding ortho intramolecular Hbond substituents is 1. The Kier molecular flexibility index (Phi) is 4.18. The van der Waals surface area contributed by atoms with Gasteiger partial charge in [-0.2, -0.15) is 0 Å². The van der Waals surface area contributed by atoms with Crippen LogP contribution in [-0.4, -0.2) is 16.1 Å². The molecule has 0 bridgehead atoms. The monoisotopic (exact) mass is 377 g/mol. The molecule has 19 heavy (non-hydrogen) atoms. The van der Waals surface area contributed by atoms with E-state index >= 15 is 0 Å². The Hall–Kier alpha value is -1.44. The highest BCUT2D eigenvalue weighted by Gasteiger charge is 2.13. The molecule has 100 valence electrons. The second-order valence-electron chi connectivity index (χ2n) is 3.92. The molecule has 0 aliphatic heterocycles. The van der Waals surface area contributed by atoms with Gasteiger partial charge in [-0.3, -0.25) is 4.79 Å². The van der Waals surface area contributed by atoms with Crippen molar-refractivity contribution in [1.82, 2.24) is 4.57 Å². The van der Waals surface area contributed by atoms with Gasteiger partial charge in [0, 0.05) is 0 Å². The van der Waals surface area contributed by atoms with Crippen molar-refractivity contribution < 1.29 is 13.9 Å². The SMILES string of the molecule is O=c1c(I)ccc(-c2ccc(O)cc2)n1CC(F)F. The number of pyridine rings is 1. The van der Waals surface area contributed by atoms with E-state index in [0.717, 1.165) is 4.57 Å². The van der Waals surface area contributed by atoms with Crippen molar-refractivity contribution in [3.8, 4) is 17.0 Å². The normalized spacial score (nSPS) is 10.9. The Morgan fingerprint density at radius 2 is 1.79 bits per heavy atom. The van der Waals surface area contributed by atoms with Crippen LogP contribution in [0, 0.1) is 3.57 Å². The number of alkyl halides is 2. The van der Waals surface area contributed by atoms with Crippen molar-refractivity contribution >= 4 is 22.6 Å². The lowest BCUT2D eigenvalue weighted by Gasteiger charge is -2.13. The van der Waals surface area contributed by atoms with Crippen LogP contribution >= 0.6 is 22.6 Å². The van der Waals surface area contributed by atoms with Gasteiger partial charge in [0.15, 0.2) is 0 Å². The minimum atomic E-state index is -2.60. The maximum absolute atomic E-state index is 12.6. The van der Waals surface area contributed by atoms with Gasteiger partial charge in [-0.25, -0.2) is 8.78 Å². The Morgan fingerprint density at radius 3 is 2.37 bits per heavy atom. The van der Waals surface area contributed by atoms with E-state index in [-0.39, 0.29) is 5.75 Å². The minimum Gasteiger partial charge on any atom is -0.508 e. The fourth-order valence-corrected chi connectivity index (χ4v) is 2.23. The zero-order valence-electron chi connectivity index (χ0n) is 9.69. The number of aromatic nitrogens is 1. The van der Waals surface area contributed by atoms with E-state index in [1.54, 1.807) is 24.3 Å². The summed E-state index contributed by atoms with van der Waals surface area (Å²) in [5.41, 5.74) is 0.573. The molecule has 0 amide bonds. The first-order valence-corrected chi connectivity index (χ1v) is 6.54. The smallest absolute Gasteiger partial charge is 0.264 e. The summed E-state index contributed by atoms with van der Waals surface area (Å²) in [5, 5.41) is 9.23. The average molecular weight is 377 g/mol. The largest absolute Gasteiger partial charge is 0.508 e. The second kappa shape index (κ2) is 5.68. The topological polar surface area (TPSA) is 42.2 Å². The van der Waals surface area contributed by atoms with E-state index in [9.17, 15) is 18.7 Å². The Bertz CT molecular complexity index is 638. The van der Waals surface area contributed by atoms with Crippen molar-refractivity contribution in [2.24, 2.45) is 0 Å². The Morgan fingerprint density at radius 1 is 1.16 bits per heavy atom. The van der Waals surface area contributed by atoms with E-state index < -0.39 is 18.5 Å². The van der Waals surface area contributed by atoms with Crippen LogP contribution in [0.2, 0.25) is 0 Å². The van der Waals surface area contributed by atoms with E-state index in [2.05, 4.69) is 0 Å². The summed E-state index contributed by atoms with van der Waals surface area (Å²) in [5.74, 6) is 0.0806. The summed E-state index contributed by atoms with van der Waals surface area (Å²) in [6.45, 7) is -0.647. The van der Waals surface area contributed by atoms with Gasteiger partial charge in [-0.05, 0) is 64.6 Å². The summed E-state index contributed by atoms with van der Waals surface area (Å²) >= 11 is 1.82. The number of benzene rings is 1. The van der Waals surface area contributed by atoms with Crippen LogP contribution in [0.3, 0.4) is 0 Å². The number of rotatable bonds is 3. The molecular formula is C13H10F2INO2. The summed E-state index contributed by atoms with van der Waals surface area (Å²) in [4.78, 5) is 11.9. The molecular weight excluding hydrogens is 367 g/mol. The molecule has 0 radical (unpaired) electrons. The van der Waals surface area contributed by atoms with E-state index in [0.29, 0.717) is 14.8 Å². The van der Waals surface area contributed by atoms with Crippen LogP contribution in [-0.2, 0) is 6.54 Å². The molecule has 6 heteroatoms. The molecule has 2 rings (SSSR count). The van der Waals surface area contributed by atoms with Gasteiger partial charge in [0.2, 0.25) is 0 Å². The molecule has 0 saturated heterocycles. The fourth-order valence-electron chi connectivity index (χ4n) is 1.76. The first-order valence-electron chi connectivity index (χ1n) is 5.46. The van der Waals surface area contributed by atoms with Crippen LogP contribution in [0.4, 0.5) is 8.78 Å². The summed E-state index contributed by atoms with van der Waals surface area (Å²) in [6, 6.07) is 9.28. The molecule has 2 aromatic rings. The van der Waals surface area contributed by atoms with Crippen molar-refractivity contribution in [3.63, 3.8) is 0 Å². The molecule has 1 heterocycles. The van der Waals surface area contributed by atoms with Crippen LogP contribution < -0.4 is 5.56 Å². The fraction of sp³-hybridized carbons (Fsp3) is 0.154. The molecule has 3 nitrogen and oxygen atoms in total. The van der Waals surface area contributed by atoms with E-state index in [1.807, 2.05) is 22.6 Å². The zero-order valence-corrected chi connectivity index (χ0v) is 11.8. The van der Waals surface area contributed by atoms with Crippen molar-refractivity contribution in [2.75, 3.05) is 0 Å². The molecule has 0 fully saturated rings. The first kappa shape index (κ1) is 14.0. The Balaban J connectivity index is 2.59. The van der Waals surface area contributed by atoms with Crippen molar-refractivity contribution in [3.05, 3.63) is 50.3 Å². The number of hydrogen-bond acceptors (Lipinski definition) is 2. The lowest BCUT2D eigenvalue weighted by molar-refractivity contribution is 0.125. The van der Waals surface area contributed by atoms with Gasteiger partial charge < -0.3 is 9.67 Å². The molecule has 1 aromatic carbocycles. The van der Waals surface area contributed by atoms with Gasteiger partial charge in [0.1, 0.15) is 5.75 Å². The molecule has 0 atom stereocenters. The van der Waals surface area contributed by atoms with Crippen molar-refractivity contribution in [1.29, 1.82) is 0 Å². The average Bonchev–Trinajstić information content (AvgIpc) is 2.36. The summed E-state index contributed by atoms with van der Waals surface area (Å²) in [6.07, 6.45) is -2.60. The molecule has 1 N–H and O–H groups in total. The highest BCUT2D eigenvalue weighted by molar-refractivity contribution is 14.1. The Labute approximate surface area is 121 Å². The first-order chi connectivity index (χ1) is 8.99. The van der Waals surface area contributed by atoms with Crippen LogP contribution in [0.15, 0.2) is 41.2 Å². The minimum absolute atomic E-state index is 0.0806. The third-order valence-electron chi connectivity index (χ3n) is 2.61. The molecule has 0 aliphatic carbocycles.